The number of rotatable bonds is 6. The van der Waals surface area contributed by atoms with Gasteiger partial charge in [-0.1, -0.05) is 42.4 Å². The SMILES string of the molecule is CCCNC(=O)C(C)Sc1nnc(-c2cccc(Cl)c2)n1N. The van der Waals surface area contributed by atoms with Crippen LogP contribution in [0.2, 0.25) is 5.02 Å². The molecule has 0 saturated heterocycles. The molecule has 0 spiro atoms. The highest BCUT2D eigenvalue weighted by Gasteiger charge is 2.19. The van der Waals surface area contributed by atoms with Gasteiger partial charge in [0, 0.05) is 17.1 Å². The van der Waals surface area contributed by atoms with Gasteiger partial charge in [0.25, 0.3) is 0 Å². The van der Waals surface area contributed by atoms with Crippen LogP contribution in [0.4, 0.5) is 0 Å². The quantitative estimate of drug-likeness (QED) is 0.623. The summed E-state index contributed by atoms with van der Waals surface area (Å²) < 4.78 is 1.37. The van der Waals surface area contributed by atoms with E-state index in [9.17, 15) is 4.79 Å². The fourth-order valence-electron chi connectivity index (χ4n) is 1.79. The van der Waals surface area contributed by atoms with Crippen molar-refractivity contribution >= 4 is 29.3 Å². The van der Waals surface area contributed by atoms with Gasteiger partial charge in [-0.2, -0.15) is 0 Å². The van der Waals surface area contributed by atoms with E-state index >= 15 is 0 Å². The van der Waals surface area contributed by atoms with Crippen molar-refractivity contribution in [2.75, 3.05) is 12.4 Å². The van der Waals surface area contributed by atoms with Gasteiger partial charge in [-0.15, -0.1) is 10.2 Å². The largest absolute Gasteiger partial charge is 0.355 e. The smallest absolute Gasteiger partial charge is 0.233 e. The van der Waals surface area contributed by atoms with Crippen LogP contribution in [0.25, 0.3) is 11.4 Å². The van der Waals surface area contributed by atoms with Crippen LogP contribution in [0.1, 0.15) is 20.3 Å². The predicted octanol–water partition coefficient (Wildman–Crippen LogP) is 2.32. The maximum absolute atomic E-state index is 11.9. The zero-order valence-electron chi connectivity index (χ0n) is 12.4. The molecule has 2 aromatic rings. The number of nitrogen functional groups attached to an aromatic ring is 1. The number of carbonyl (C=O) groups excluding carboxylic acids is 1. The standard InChI is InChI=1S/C14H18ClN5OS/c1-3-7-17-13(21)9(2)22-14-19-18-12(20(14)16)10-5-4-6-11(15)8-10/h4-6,8-9H,3,7,16H2,1-2H3,(H,17,21). The molecular formula is C14H18ClN5OS. The Kier molecular flexibility index (Phi) is 5.68. The average molecular weight is 340 g/mol. The van der Waals surface area contributed by atoms with Crippen molar-refractivity contribution in [2.24, 2.45) is 0 Å². The molecule has 2 rings (SSSR count). The van der Waals surface area contributed by atoms with Gasteiger partial charge in [0.1, 0.15) is 0 Å². The molecule has 1 unspecified atom stereocenters. The number of aromatic nitrogens is 3. The molecule has 0 saturated carbocycles. The molecule has 1 aromatic carbocycles. The summed E-state index contributed by atoms with van der Waals surface area (Å²) in [4.78, 5) is 11.9. The molecule has 1 atom stereocenters. The van der Waals surface area contributed by atoms with Crippen LogP contribution in [-0.2, 0) is 4.79 Å². The molecule has 0 aliphatic rings. The first-order chi connectivity index (χ1) is 10.5. The van der Waals surface area contributed by atoms with Crippen LogP contribution in [0.15, 0.2) is 29.4 Å². The molecule has 8 heteroatoms. The fraction of sp³-hybridized carbons (Fsp3) is 0.357. The number of carbonyl (C=O) groups is 1. The summed E-state index contributed by atoms with van der Waals surface area (Å²) in [5.74, 6) is 6.49. The van der Waals surface area contributed by atoms with Crippen molar-refractivity contribution in [3.63, 3.8) is 0 Å². The lowest BCUT2D eigenvalue weighted by molar-refractivity contribution is -0.120. The second-order valence-corrected chi connectivity index (χ2v) is 6.48. The van der Waals surface area contributed by atoms with Crippen LogP contribution in [0, 0.1) is 0 Å². The van der Waals surface area contributed by atoms with Crippen LogP contribution >= 0.6 is 23.4 Å². The fourth-order valence-corrected chi connectivity index (χ4v) is 2.77. The Hall–Kier alpha value is -1.73. The van der Waals surface area contributed by atoms with Crippen molar-refractivity contribution < 1.29 is 4.79 Å². The molecule has 3 N–H and O–H groups in total. The predicted molar refractivity (Wildman–Crippen MR) is 89.2 cm³/mol. The monoisotopic (exact) mass is 339 g/mol. The van der Waals surface area contributed by atoms with E-state index in [0.29, 0.717) is 22.5 Å². The lowest BCUT2D eigenvalue weighted by Crippen LogP contribution is -2.31. The molecule has 0 fully saturated rings. The highest BCUT2D eigenvalue weighted by Crippen LogP contribution is 2.26. The Morgan fingerprint density at radius 2 is 2.27 bits per heavy atom. The second kappa shape index (κ2) is 7.51. The topological polar surface area (TPSA) is 85.8 Å². The van der Waals surface area contributed by atoms with Crippen molar-refractivity contribution in [3.8, 4) is 11.4 Å². The van der Waals surface area contributed by atoms with Crippen molar-refractivity contribution in [1.29, 1.82) is 0 Å². The van der Waals surface area contributed by atoms with Crippen LogP contribution < -0.4 is 11.2 Å². The van der Waals surface area contributed by atoms with Crippen LogP contribution in [-0.4, -0.2) is 32.6 Å². The first-order valence-corrected chi connectivity index (χ1v) is 8.19. The number of halogens is 1. The first-order valence-electron chi connectivity index (χ1n) is 6.93. The summed E-state index contributed by atoms with van der Waals surface area (Å²) in [6, 6.07) is 7.21. The molecule has 0 aliphatic heterocycles. The van der Waals surface area contributed by atoms with E-state index in [1.54, 1.807) is 12.1 Å². The van der Waals surface area contributed by atoms with E-state index in [2.05, 4.69) is 15.5 Å². The van der Waals surface area contributed by atoms with E-state index < -0.39 is 0 Å². The summed E-state index contributed by atoms with van der Waals surface area (Å²) in [5.41, 5.74) is 0.775. The summed E-state index contributed by atoms with van der Waals surface area (Å²) in [5, 5.41) is 11.8. The zero-order valence-corrected chi connectivity index (χ0v) is 14.0. The van der Waals surface area contributed by atoms with Gasteiger partial charge in [0.15, 0.2) is 5.82 Å². The van der Waals surface area contributed by atoms with Crippen LogP contribution in [0.5, 0.6) is 0 Å². The molecule has 1 aromatic heterocycles. The van der Waals surface area contributed by atoms with E-state index in [0.717, 1.165) is 12.0 Å². The third kappa shape index (κ3) is 3.92. The Labute approximate surface area is 138 Å². The minimum Gasteiger partial charge on any atom is -0.355 e. The number of hydrogen-bond acceptors (Lipinski definition) is 5. The highest BCUT2D eigenvalue weighted by atomic mass is 35.5. The molecule has 0 aliphatic carbocycles. The number of nitrogens with two attached hydrogens (primary N) is 1. The Bertz CT molecular complexity index is 660. The molecule has 0 bridgehead atoms. The maximum Gasteiger partial charge on any atom is 0.233 e. The molecule has 6 nitrogen and oxygen atoms in total. The van der Waals surface area contributed by atoms with E-state index in [4.69, 9.17) is 17.4 Å². The molecule has 22 heavy (non-hydrogen) atoms. The number of amides is 1. The highest BCUT2D eigenvalue weighted by molar-refractivity contribution is 8.00. The molecule has 118 valence electrons. The third-order valence-corrected chi connectivity index (χ3v) is 4.24. The minimum atomic E-state index is -0.301. The zero-order chi connectivity index (χ0) is 16.1. The number of nitrogens with one attached hydrogen (secondary N) is 1. The van der Waals surface area contributed by atoms with Gasteiger partial charge in [0.2, 0.25) is 11.1 Å². The lowest BCUT2D eigenvalue weighted by atomic mass is 10.2. The number of hydrogen-bond donors (Lipinski definition) is 2. The molecular weight excluding hydrogens is 322 g/mol. The number of thioether (sulfide) groups is 1. The normalized spacial score (nSPS) is 12.1. The van der Waals surface area contributed by atoms with Gasteiger partial charge >= 0.3 is 0 Å². The molecule has 0 radical (unpaired) electrons. The van der Waals surface area contributed by atoms with E-state index in [1.165, 1.54) is 16.4 Å². The second-order valence-electron chi connectivity index (χ2n) is 4.74. The molecule has 1 amide bonds. The Balaban J connectivity index is 2.13. The van der Waals surface area contributed by atoms with Gasteiger partial charge < -0.3 is 11.2 Å². The summed E-state index contributed by atoms with van der Waals surface area (Å²) in [7, 11) is 0. The van der Waals surface area contributed by atoms with E-state index in [-0.39, 0.29) is 11.2 Å². The van der Waals surface area contributed by atoms with Crippen LogP contribution in [0.3, 0.4) is 0 Å². The maximum atomic E-state index is 11.9. The number of benzene rings is 1. The van der Waals surface area contributed by atoms with Crippen molar-refractivity contribution in [3.05, 3.63) is 29.3 Å². The first kappa shape index (κ1) is 16.6. The lowest BCUT2D eigenvalue weighted by Gasteiger charge is -2.10. The van der Waals surface area contributed by atoms with Crippen molar-refractivity contribution in [2.45, 2.75) is 30.7 Å². The minimum absolute atomic E-state index is 0.0424. The van der Waals surface area contributed by atoms with Gasteiger partial charge in [0.05, 0.1) is 5.25 Å². The molecule has 1 heterocycles. The summed E-state index contributed by atoms with van der Waals surface area (Å²) >= 11 is 7.24. The summed E-state index contributed by atoms with van der Waals surface area (Å²) in [6.45, 7) is 4.47. The van der Waals surface area contributed by atoms with Gasteiger partial charge in [-0.25, -0.2) is 4.68 Å². The van der Waals surface area contributed by atoms with Gasteiger partial charge in [-0.05, 0) is 25.5 Å². The summed E-state index contributed by atoms with van der Waals surface area (Å²) in [6.07, 6.45) is 0.898. The third-order valence-electron chi connectivity index (χ3n) is 2.95. The Morgan fingerprint density at radius 1 is 1.50 bits per heavy atom. The van der Waals surface area contributed by atoms with E-state index in [1.807, 2.05) is 26.0 Å². The van der Waals surface area contributed by atoms with Gasteiger partial charge in [-0.3, -0.25) is 4.79 Å². The number of nitrogens with zero attached hydrogens (tertiary/aromatic N) is 3. The Morgan fingerprint density at radius 3 is 2.95 bits per heavy atom. The average Bonchev–Trinajstić information content (AvgIpc) is 2.86. The van der Waals surface area contributed by atoms with Crippen molar-refractivity contribution in [1.82, 2.24) is 20.2 Å².